The molecule has 144 valence electrons. The molecule has 0 atom stereocenters. The van der Waals surface area contributed by atoms with E-state index in [1.165, 1.54) is 36.1 Å². The number of morpholine rings is 1. The zero-order chi connectivity index (χ0) is 18.5. The van der Waals surface area contributed by atoms with Gasteiger partial charge < -0.3 is 15.0 Å². The van der Waals surface area contributed by atoms with Gasteiger partial charge in [0.05, 0.1) is 18.1 Å². The van der Waals surface area contributed by atoms with Crippen molar-refractivity contribution >= 4 is 23.1 Å². The van der Waals surface area contributed by atoms with Gasteiger partial charge in [-0.2, -0.15) is 0 Å². The molecule has 2 aromatic rings. The smallest absolute Gasteiger partial charge is 0.261 e. The van der Waals surface area contributed by atoms with E-state index in [0.717, 1.165) is 55.4 Å². The maximum absolute atomic E-state index is 12.7. The maximum Gasteiger partial charge on any atom is 0.261 e. The number of aromatic nitrogens is 1. The first-order valence-electron chi connectivity index (χ1n) is 9.97. The number of anilines is 1. The fraction of sp³-hybridized carbons (Fsp3) is 0.524. The van der Waals surface area contributed by atoms with Gasteiger partial charge in [0.15, 0.2) is 0 Å². The second-order valence-electron chi connectivity index (χ2n) is 7.28. The molecule has 1 aliphatic heterocycles. The van der Waals surface area contributed by atoms with Gasteiger partial charge in [0.2, 0.25) is 0 Å². The average Bonchev–Trinajstić information content (AvgIpc) is 3.09. The third-order valence-corrected chi connectivity index (χ3v) is 6.55. The molecule has 2 aliphatic rings. The molecule has 1 amide bonds. The molecule has 4 rings (SSSR count). The Morgan fingerprint density at radius 1 is 1.15 bits per heavy atom. The Morgan fingerprint density at radius 3 is 2.81 bits per heavy atom. The molecular weight excluding hydrogens is 358 g/mol. The van der Waals surface area contributed by atoms with Crippen LogP contribution < -0.4 is 10.2 Å². The molecule has 1 saturated heterocycles. The van der Waals surface area contributed by atoms with Gasteiger partial charge in [0.1, 0.15) is 5.82 Å². The van der Waals surface area contributed by atoms with Crippen molar-refractivity contribution in [2.45, 2.75) is 45.1 Å². The number of hydrogen-bond acceptors (Lipinski definition) is 5. The lowest BCUT2D eigenvalue weighted by Gasteiger charge is -2.28. The highest BCUT2D eigenvalue weighted by molar-refractivity contribution is 7.14. The maximum atomic E-state index is 12.7. The fourth-order valence-electron chi connectivity index (χ4n) is 3.76. The van der Waals surface area contributed by atoms with Crippen molar-refractivity contribution in [3.05, 3.63) is 45.3 Å². The van der Waals surface area contributed by atoms with Gasteiger partial charge in [-0.3, -0.25) is 4.79 Å². The number of aryl methyl sites for hydroxylation is 2. The lowest BCUT2D eigenvalue weighted by Crippen LogP contribution is -2.36. The van der Waals surface area contributed by atoms with E-state index < -0.39 is 0 Å². The number of ether oxygens (including phenoxy) is 1. The standard InChI is InChI=1S/C21H27N3O2S/c25-21(19-14-17-5-3-1-2-4-6-18(17)27-19)23-15-16-7-8-22-20(13-16)24-9-11-26-12-10-24/h7-8,13-14H,1-6,9-12,15H2,(H,23,25). The number of amides is 1. The molecule has 0 radical (unpaired) electrons. The molecule has 27 heavy (non-hydrogen) atoms. The largest absolute Gasteiger partial charge is 0.378 e. The number of nitrogens with zero attached hydrogens (tertiary/aromatic N) is 2. The third-order valence-electron chi connectivity index (χ3n) is 5.32. The molecule has 1 fully saturated rings. The highest BCUT2D eigenvalue weighted by Crippen LogP contribution is 2.28. The molecule has 0 bridgehead atoms. The molecule has 3 heterocycles. The van der Waals surface area contributed by atoms with E-state index in [2.05, 4.69) is 27.3 Å². The molecular formula is C21H27N3O2S. The summed E-state index contributed by atoms with van der Waals surface area (Å²) in [6.07, 6.45) is 9.18. The number of pyridine rings is 1. The van der Waals surface area contributed by atoms with Gasteiger partial charge in [-0.05, 0) is 55.0 Å². The van der Waals surface area contributed by atoms with Gasteiger partial charge >= 0.3 is 0 Å². The van der Waals surface area contributed by atoms with E-state index in [4.69, 9.17) is 4.74 Å². The number of carbonyl (C=O) groups is 1. The Hall–Kier alpha value is -1.92. The molecule has 2 aromatic heterocycles. The molecule has 0 unspecified atom stereocenters. The van der Waals surface area contributed by atoms with Gasteiger partial charge in [-0.15, -0.1) is 11.3 Å². The van der Waals surface area contributed by atoms with E-state index in [1.54, 1.807) is 11.3 Å². The second-order valence-corrected chi connectivity index (χ2v) is 8.41. The summed E-state index contributed by atoms with van der Waals surface area (Å²) < 4.78 is 5.40. The van der Waals surface area contributed by atoms with E-state index in [-0.39, 0.29) is 5.91 Å². The van der Waals surface area contributed by atoms with Crippen LogP contribution in [-0.2, 0) is 24.1 Å². The molecule has 0 saturated carbocycles. The monoisotopic (exact) mass is 385 g/mol. The van der Waals surface area contributed by atoms with Crippen LogP contribution in [0.5, 0.6) is 0 Å². The van der Waals surface area contributed by atoms with Crippen LogP contribution in [0.4, 0.5) is 5.82 Å². The quantitative estimate of drug-likeness (QED) is 0.874. The molecule has 6 heteroatoms. The summed E-state index contributed by atoms with van der Waals surface area (Å²) in [5.41, 5.74) is 2.47. The van der Waals surface area contributed by atoms with Gasteiger partial charge in [-0.25, -0.2) is 4.98 Å². The fourth-order valence-corrected chi connectivity index (χ4v) is 4.93. The van der Waals surface area contributed by atoms with Gasteiger partial charge in [-0.1, -0.05) is 12.8 Å². The van der Waals surface area contributed by atoms with Crippen LogP contribution in [0.25, 0.3) is 0 Å². The van der Waals surface area contributed by atoms with Crippen LogP contribution in [-0.4, -0.2) is 37.2 Å². The summed E-state index contributed by atoms with van der Waals surface area (Å²) in [6, 6.07) is 6.16. The summed E-state index contributed by atoms with van der Waals surface area (Å²) in [5.74, 6) is 1.00. The number of fused-ring (bicyclic) bond motifs is 1. The lowest BCUT2D eigenvalue weighted by atomic mass is 10.00. The van der Waals surface area contributed by atoms with Crippen molar-refractivity contribution in [3.8, 4) is 0 Å². The number of nitrogens with one attached hydrogen (secondary N) is 1. The minimum Gasteiger partial charge on any atom is -0.378 e. The molecule has 5 nitrogen and oxygen atoms in total. The number of carbonyl (C=O) groups excluding carboxylic acids is 1. The van der Waals surface area contributed by atoms with Crippen LogP contribution in [0.15, 0.2) is 24.4 Å². The zero-order valence-electron chi connectivity index (χ0n) is 15.7. The zero-order valence-corrected chi connectivity index (χ0v) is 16.5. The summed E-state index contributed by atoms with van der Waals surface area (Å²) in [4.78, 5) is 21.6. The Kier molecular flexibility index (Phi) is 6.04. The van der Waals surface area contributed by atoms with Crippen molar-refractivity contribution in [3.63, 3.8) is 0 Å². The number of rotatable bonds is 4. The summed E-state index contributed by atoms with van der Waals surface area (Å²) in [7, 11) is 0. The first-order chi connectivity index (χ1) is 13.3. The normalized spacial score (nSPS) is 17.7. The van der Waals surface area contributed by atoms with E-state index in [9.17, 15) is 4.79 Å². The Bertz CT molecular complexity index is 758. The predicted octanol–water partition coefficient (Wildman–Crippen LogP) is 3.57. The first-order valence-corrected chi connectivity index (χ1v) is 10.8. The SMILES string of the molecule is O=C(NCc1ccnc(N2CCOCC2)c1)c1cc2c(s1)CCCCCC2. The van der Waals surface area contributed by atoms with Crippen LogP contribution in [0.1, 0.15) is 51.4 Å². The predicted molar refractivity (Wildman–Crippen MR) is 109 cm³/mol. The Balaban J connectivity index is 1.38. The third kappa shape index (κ3) is 4.68. The summed E-state index contributed by atoms with van der Waals surface area (Å²) >= 11 is 1.68. The number of hydrogen-bond donors (Lipinski definition) is 1. The molecule has 0 aromatic carbocycles. The summed E-state index contributed by atoms with van der Waals surface area (Å²) in [6.45, 7) is 3.74. The minimum absolute atomic E-state index is 0.0384. The topological polar surface area (TPSA) is 54.5 Å². The van der Waals surface area contributed by atoms with Crippen LogP contribution in [0.2, 0.25) is 0 Å². The van der Waals surface area contributed by atoms with Gasteiger partial charge in [0, 0.05) is 30.7 Å². The second kappa shape index (κ2) is 8.85. The van der Waals surface area contributed by atoms with Gasteiger partial charge in [0.25, 0.3) is 5.91 Å². The van der Waals surface area contributed by atoms with Crippen molar-refractivity contribution < 1.29 is 9.53 Å². The summed E-state index contributed by atoms with van der Waals surface area (Å²) in [5, 5.41) is 3.09. The van der Waals surface area contributed by atoms with Crippen LogP contribution in [0, 0.1) is 0 Å². The van der Waals surface area contributed by atoms with Crippen LogP contribution >= 0.6 is 11.3 Å². The minimum atomic E-state index is 0.0384. The van der Waals surface area contributed by atoms with E-state index in [0.29, 0.717) is 6.54 Å². The Labute approximate surface area is 164 Å². The van der Waals surface area contributed by atoms with Crippen molar-refractivity contribution in [2.24, 2.45) is 0 Å². The highest BCUT2D eigenvalue weighted by Gasteiger charge is 2.16. The Morgan fingerprint density at radius 2 is 1.96 bits per heavy atom. The van der Waals surface area contributed by atoms with Crippen LogP contribution in [0.3, 0.4) is 0 Å². The molecule has 0 spiro atoms. The average molecular weight is 386 g/mol. The van der Waals surface area contributed by atoms with Crippen molar-refractivity contribution in [2.75, 3.05) is 31.2 Å². The highest BCUT2D eigenvalue weighted by atomic mass is 32.1. The number of thiophene rings is 1. The molecule has 1 N–H and O–H groups in total. The van der Waals surface area contributed by atoms with Crippen molar-refractivity contribution in [1.29, 1.82) is 0 Å². The first kappa shape index (κ1) is 18.4. The van der Waals surface area contributed by atoms with E-state index >= 15 is 0 Å². The lowest BCUT2D eigenvalue weighted by molar-refractivity contribution is 0.0955. The van der Waals surface area contributed by atoms with E-state index in [1.807, 2.05) is 12.3 Å². The molecule has 1 aliphatic carbocycles. The van der Waals surface area contributed by atoms with Crippen molar-refractivity contribution in [1.82, 2.24) is 10.3 Å².